The van der Waals surface area contributed by atoms with Crippen molar-refractivity contribution in [3.05, 3.63) is 29.8 Å². The van der Waals surface area contributed by atoms with Crippen LogP contribution < -0.4 is 15.8 Å². The first-order chi connectivity index (χ1) is 9.10. The molecule has 4 nitrogen and oxygen atoms in total. The number of rotatable bonds is 7. The van der Waals surface area contributed by atoms with Gasteiger partial charge in [0, 0.05) is 18.5 Å². The molecule has 0 radical (unpaired) electrons. The highest BCUT2D eigenvalue weighted by Crippen LogP contribution is 2.41. The third kappa shape index (κ3) is 3.96. The molecule has 4 heteroatoms. The largest absolute Gasteiger partial charge is 0.497 e. The molecule has 0 aromatic heterocycles. The second-order valence-electron chi connectivity index (χ2n) is 5.33. The van der Waals surface area contributed by atoms with Crippen molar-refractivity contribution < 1.29 is 9.53 Å². The summed E-state index contributed by atoms with van der Waals surface area (Å²) in [7, 11) is 1.67. The number of primary amides is 1. The van der Waals surface area contributed by atoms with E-state index in [9.17, 15) is 4.79 Å². The summed E-state index contributed by atoms with van der Waals surface area (Å²) in [6.07, 6.45) is 2.86. The molecule has 0 bridgehead atoms. The highest BCUT2D eigenvalue weighted by Gasteiger charge is 2.33. The topological polar surface area (TPSA) is 64.3 Å². The van der Waals surface area contributed by atoms with E-state index in [2.05, 4.69) is 17.4 Å². The Balaban J connectivity index is 2.04. The number of carbonyl (C=O) groups is 1. The summed E-state index contributed by atoms with van der Waals surface area (Å²) in [5, 5.41) is 3.52. The molecule has 19 heavy (non-hydrogen) atoms. The highest BCUT2D eigenvalue weighted by atomic mass is 16.5. The van der Waals surface area contributed by atoms with Gasteiger partial charge in [-0.2, -0.15) is 0 Å². The van der Waals surface area contributed by atoms with E-state index in [1.54, 1.807) is 7.11 Å². The second kappa shape index (κ2) is 6.06. The molecule has 0 heterocycles. The van der Waals surface area contributed by atoms with Gasteiger partial charge in [0.25, 0.3) is 0 Å². The zero-order chi connectivity index (χ0) is 13.8. The van der Waals surface area contributed by atoms with Gasteiger partial charge in [-0.15, -0.1) is 0 Å². The smallest absolute Gasteiger partial charge is 0.218 e. The van der Waals surface area contributed by atoms with Crippen LogP contribution in [0.4, 0.5) is 0 Å². The van der Waals surface area contributed by atoms with Crippen LogP contribution in [0.5, 0.6) is 5.75 Å². The predicted molar refractivity (Wildman–Crippen MR) is 74.9 cm³/mol. The maximum absolute atomic E-state index is 11.0. The molecular formula is C15H22N2O2. The van der Waals surface area contributed by atoms with E-state index in [0.717, 1.165) is 5.75 Å². The zero-order valence-electron chi connectivity index (χ0n) is 11.6. The molecule has 0 saturated heterocycles. The molecule has 1 aromatic rings. The molecular weight excluding hydrogens is 240 g/mol. The minimum absolute atomic E-state index is 0.102. The number of hydrogen-bond donors (Lipinski definition) is 2. The summed E-state index contributed by atoms with van der Waals surface area (Å²) < 4.78 is 5.18. The van der Waals surface area contributed by atoms with Gasteiger partial charge >= 0.3 is 0 Å². The minimum atomic E-state index is -0.260. The Morgan fingerprint density at radius 3 is 2.53 bits per heavy atom. The molecule has 1 amide bonds. The Bertz CT molecular complexity index is 426. The Morgan fingerprint density at radius 1 is 1.42 bits per heavy atom. The van der Waals surface area contributed by atoms with Crippen molar-refractivity contribution in [1.29, 1.82) is 0 Å². The van der Waals surface area contributed by atoms with Crippen molar-refractivity contribution in [2.75, 3.05) is 7.11 Å². The standard InChI is InChI=1S/C15H22N2O2/c1-10(9-14(16)18)17-15(11-3-4-11)12-5-7-13(19-2)8-6-12/h5-8,10-11,15,17H,3-4,9H2,1-2H3,(H2,16,18). The first-order valence-corrected chi connectivity index (χ1v) is 6.78. The fraction of sp³-hybridized carbons (Fsp3) is 0.533. The highest BCUT2D eigenvalue weighted by molar-refractivity contribution is 5.74. The maximum Gasteiger partial charge on any atom is 0.218 e. The fourth-order valence-corrected chi connectivity index (χ4v) is 2.41. The fourth-order valence-electron chi connectivity index (χ4n) is 2.41. The molecule has 0 spiro atoms. The normalized spacial score (nSPS) is 17.8. The van der Waals surface area contributed by atoms with E-state index in [-0.39, 0.29) is 11.9 Å². The van der Waals surface area contributed by atoms with Gasteiger partial charge in [-0.1, -0.05) is 12.1 Å². The molecule has 1 fully saturated rings. The molecule has 2 atom stereocenters. The molecule has 2 unspecified atom stereocenters. The summed E-state index contributed by atoms with van der Waals surface area (Å²) in [6.45, 7) is 2.00. The van der Waals surface area contributed by atoms with Crippen LogP contribution in [0.1, 0.15) is 37.8 Å². The molecule has 0 aliphatic heterocycles. The number of carbonyl (C=O) groups excluding carboxylic acids is 1. The summed E-state index contributed by atoms with van der Waals surface area (Å²) in [6, 6.07) is 8.54. The molecule has 104 valence electrons. The van der Waals surface area contributed by atoms with Crippen LogP contribution in [0.2, 0.25) is 0 Å². The Morgan fingerprint density at radius 2 is 2.05 bits per heavy atom. The lowest BCUT2D eigenvalue weighted by Gasteiger charge is -2.23. The third-order valence-electron chi connectivity index (χ3n) is 3.54. The summed E-state index contributed by atoms with van der Waals surface area (Å²) in [5.74, 6) is 1.27. The van der Waals surface area contributed by atoms with E-state index >= 15 is 0 Å². The molecule has 1 saturated carbocycles. The lowest BCUT2D eigenvalue weighted by atomic mass is 10.0. The van der Waals surface area contributed by atoms with Crippen molar-refractivity contribution in [3.63, 3.8) is 0 Å². The molecule has 1 aliphatic carbocycles. The number of methoxy groups -OCH3 is 1. The van der Waals surface area contributed by atoms with Crippen LogP contribution in [0, 0.1) is 5.92 Å². The van der Waals surface area contributed by atoms with E-state index in [0.29, 0.717) is 18.4 Å². The Labute approximate surface area is 114 Å². The lowest BCUT2D eigenvalue weighted by molar-refractivity contribution is -0.118. The lowest BCUT2D eigenvalue weighted by Crippen LogP contribution is -2.35. The van der Waals surface area contributed by atoms with Gasteiger partial charge in [0.15, 0.2) is 0 Å². The van der Waals surface area contributed by atoms with Gasteiger partial charge in [0.2, 0.25) is 5.91 Å². The summed E-state index contributed by atoms with van der Waals surface area (Å²) in [4.78, 5) is 11.0. The van der Waals surface area contributed by atoms with E-state index in [1.807, 2.05) is 19.1 Å². The van der Waals surface area contributed by atoms with Gasteiger partial charge in [-0.05, 0) is 43.4 Å². The summed E-state index contributed by atoms with van der Waals surface area (Å²) >= 11 is 0. The third-order valence-corrected chi connectivity index (χ3v) is 3.54. The maximum atomic E-state index is 11.0. The average Bonchev–Trinajstić information content (AvgIpc) is 3.19. The molecule has 1 aliphatic rings. The van der Waals surface area contributed by atoms with Crippen LogP contribution in [-0.4, -0.2) is 19.1 Å². The number of benzene rings is 1. The van der Waals surface area contributed by atoms with Crippen molar-refractivity contribution in [2.45, 2.75) is 38.3 Å². The SMILES string of the molecule is COc1ccc(C(NC(C)CC(N)=O)C2CC2)cc1. The van der Waals surface area contributed by atoms with Crippen LogP contribution in [0.3, 0.4) is 0 Å². The van der Waals surface area contributed by atoms with E-state index in [1.165, 1.54) is 18.4 Å². The summed E-state index contributed by atoms with van der Waals surface area (Å²) in [5.41, 5.74) is 6.49. The number of ether oxygens (including phenoxy) is 1. The predicted octanol–water partition coefficient (Wildman–Crippen LogP) is 2.00. The van der Waals surface area contributed by atoms with Gasteiger partial charge < -0.3 is 15.8 Å². The Kier molecular flexibility index (Phi) is 4.43. The van der Waals surface area contributed by atoms with Crippen LogP contribution in [0.15, 0.2) is 24.3 Å². The quantitative estimate of drug-likeness (QED) is 0.790. The van der Waals surface area contributed by atoms with Crippen molar-refractivity contribution in [3.8, 4) is 5.75 Å². The number of nitrogens with one attached hydrogen (secondary N) is 1. The van der Waals surface area contributed by atoms with Gasteiger partial charge in [0.05, 0.1) is 7.11 Å². The van der Waals surface area contributed by atoms with Crippen LogP contribution in [0.25, 0.3) is 0 Å². The van der Waals surface area contributed by atoms with Crippen molar-refractivity contribution >= 4 is 5.91 Å². The number of amides is 1. The van der Waals surface area contributed by atoms with E-state index < -0.39 is 0 Å². The molecule has 2 rings (SSSR count). The Hall–Kier alpha value is -1.55. The zero-order valence-corrected chi connectivity index (χ0v) is 11.6. The van der Waals surface area contributed by atoms with E-state index in [4.69, 9.17) is 10.5 Å². The first kappa shape index (κ1) is 13.9. The van der Waals surface area contributed by atoms with Crippen LogP contribution >= 0.6 is 0 Å². The van der Waals surface area contributed by atoms with Gasteiger partial charge in [0.1, 0.15) is 5.75 Å². The second-order valence-corrected chi connectivity index (χ2v) is 5.33. The monoisotopic (exact) mass is 262 g/mol. The number of nitrogens with two attached hydrogens (primary N) is 1. The van der Waals surface area contributed by atoms with Gasteiger partial charge in [-0.25, -0.2) is 0 Å². The van der Waals surface area contributed by atoms with Crippen molar-refractivity contribution in [1.82, 2.24) is 5.32 Å². The molecule has 1 aromatic carbocycles. The van der Waals surface area contributed by atoms with Crippen LogP contribution in [-0.2, 0) is 4.79 Å². The van der Waals surface area contributed by atoms with Gasteiger partial charge in [-0.3, -0.25) is 4.79 Å². The number of hydrogen-bond acceptors (Lipinski definition) is 3. The van der Waals surface area contributed by atoms with Crippen molar-refractivity contribution in [2.24, 2.45) is 11.7 Å². The first-order valence-electron chi connectivity index (χ1n) is 6.78. The molecule has 3 N–H and O–H groups in total. The minimum Gasteiger partial charge on any atom is -0.497 e. The average molecular weight is 262 g/mol.